The molecule has 0 aliphatic rings. The van der Waals surface area contributed by atoms with Crippen LogP contribution in [0.3, 0.4) is 0 Å². The number of nitrogen functional groups attached to an aromatic ring is 1. The number of carboxylic acid groups (broad SMARTS) is 2. The van der Waals surface area contributed by atoms with Gasteiger partial charge in [-0.1, -0.05) is 0 Å². The monoisotopic (exact) mass is 388 g/mol. The molecule has 0 aliphatic carbocycles. The van der Waals surface area contributed by atoms with Crippen LogP contribution < -0.4 is 20.8 Å². The zero-order valence-electron chi connectivity index (χ0n) is 13.4. The molecule has 5 N–H and O–H groups in total. The number of carboxylic acids is 2. The fourth-order valence-corrected chi connectivity index (χ4v) is 2.40. The van der Waals surface area contributed by atoms with Gasteiger partial charge in [-0.15, -0.1) is 13.2 Å². The fraction of sp³-hybridized carbons (Fsp3) is 0.133. The maximum Gasteiger partial charge on any atom is 0.573 e. The van der Waals surface area contributed by atoms with Crippen LogP contribution in [0, 0.1) is 0 Å². The van der Waals surface area contributed by atoms with E-state index in [9.17, 15) is 37.8 Å². The number of alkyl halides is 3. The van der Waals surface area contributed by atoms with Crippen LogP contribution in [-0.2, 0) is 0 Å². The summed E-state index contributed by atoms with van der Waals surface area (Å²) in [6, 6.07) is 2.55. The van der Waals surface area contributed by atoms with E-state index < -0.39 is 57.7 Å². The average Bonchev–Trinajstić information content (AvgIpc) is 2.51. The Labute approximate surface area is 147 Å². The lowest BCUT2D eigenvalue weighted by Crippen LogP contribution is -2.24. The summed E-state index contributed by atoms with van der Waals surface area (Å²) in [6.45, 7) is 0. The number of carbonyl (C=O) groups is 2. The molecule has 144 valence electrons. The van der Waals surface area contributed by atoms with E-state index in [0.717, 1.165) is 19.2 Å². The zero-order valence-corrected chi connectivity index (χ0v) is 13.4. The number of hydrogen-bond acceptors (Lipinski definition) is 6. The number of aromatic carboxylic acids is 2. The Kier molecular flexibility index (Phi) is 5.01. The molecule has 0 radical (unpaired) electrons. The van der Waals surface area contributed by atoms with Crippen molar-refractivity contribution in [2.45, 2.75) is 6.36 Å². The van der Waals surface area contributed by atoms with Crippen LogP contribution in [0.4, 0.5) is 19.0 Å². The Hall–Kier alpha value is -3.70. The molecule has 2 rings (SSSR count). The molecule has 9 nitrogen and oxygen atoms in total. The number of aromatic amines is 1. The third-order valence-corrected chi connectivity index (χ3v) is 3.35. The quantitative estimate of drug-likeness (QED) is 0.606. The fourth-order valence-electron chi connectivity index (χ4n) is 2.40. The molecule has 0 atom stereocenters. The second-order valence-corrected chi connectivity index (χ2v) is 5.01. The van der Waals surface area contributed by atoms with Crippen LogP contribution in [0.2, 0.25) is 0 Å². The predicted molar refractivity (Wildman–Crippen MR) is 84.1 cm³/mol. The average molecular weight is 388 g/mol. The molecule has 0 bridgehead atoms. The molecule has 0 fully saturated rings. The zero-order chi connectivity index (χ0) is 20.5. The third kappa shape index (κ3) is 3.94. The molecule has 0 saturated carbocycles. The number of nitrogens with two attached hydrogens (primary N) is 1. The Bertz CT molecular complexity index is 983. The molecule has 2 aromatic rings. The first-order valence-corrected chi connectivity index (χ1v) is 6.92. The van der Waals surface area contributed by atoms with Crippen LogP contribution in [0.25, 0.3) is 11.1 Å². The van der Waals surface area contributed by atoms with E-state index in [4.69, 9.17) is 10.5 Å². The number of nitrogens with one attached hydrogen (secondary N) is 1. The summed E-state index contributed by atoms with van der Waals surface area (Å²) in [5.41, 5.74) is 1.21. The molecule has 0 spiro atoms. The highest BCUT2D eigenvalue weighted by molar-refractivity contribution is 6.08. The summed E-state index contributed by atoms with van der Waals surface area (Å²) in [4.78, 5) is 37.0. The Morgan fingerprint density at radius 3 is 2.22 bits per heavy atom. The standard InChI is InChI=1S/C15H11F3N2O7/c1-26-7-3-2-5(27-15(16,17)18)4-6(7)8-9(13(22)23)11(19)20-12(21)10(8)14(24)25/h2-4H,1H3,(H,22,23)(H,24,25)(H3,19,20,21). The van der Waals surface area contributed by atoms with E-state index in [0.29, 0.717) is 6.07 Å². The van der Waals surface area contributed by atoms with Gasteiger partial charge < -0.3 is 30.4 Å². The van der Waals surface area contributed by atoms with Crippen molar-refractivity contribution in [3.8, 4) is 22.6 Å². The lowest BCUT2D eigenvalue weighted by atomic mass is 9.94. The maximum atomic E-state index is 12.5. The minimum atomic E-state index is -5.07. The maximum absolute atomic E-state index is 12.5. The van der Waals surface area contributed by atoms with Gasteiger partial charge >= 0.3 is 18.3 Å². The van der Waals surface area contributed by atoms with Gasteiger partial charge in [0.05, 0.1) is 7.11 Å². The number of anilines is 1. The predicted octanol–water partition coefficient (Wildman–Crippen LogP) is 1.93. The van der Waals surface area contributed by atoms with E-state index in [-0.39, 0.29) is 5.75 Å². The molecular formula is C15H11F3N2O7. The van der Waals surface area contributed by atoms with Crippen LogP contribution in [-0.4, -0.2) is 40.6 Å². The highest BCUT2D eigenvalue weighted by Crippen LogP contribution is 2.39. The van der Waals surface area contributed by atoms with Gasteiger partial charge in [-0.2, -0.15) is 0 Å². The van der Waals surface area contributed by atoms with Gasteiger partial charge in [0, 0.05) is 11.1 Å². The summed E-state index contributed by atoms with van der Waals surface area (Å²) in [7, 11) is 1.11. The smallest absolute Gasteiger partial charge is 0.496 e. The Balaban J connectivity index is 2.95. The van der Waals surface area contributed by atoms with E-state index >= 15 is 0 Å². The summed E-state index contributed by atoms with van der Waals surface area (Å²) >= 11 is 0. The first-order valence-electron chi connectivity index (χ1n) is 6.92. The van der Waals surface area contributed by atoms with Crippen molar-refractivity contribution in [3.05, 3.63) is 39.7 Å². The molecule has 1 aromatic heterocycles. The molecule has 0 aliphatic heterocycles. The second kappa shape index (κ2) is 6.90. The first-order chi connectivity index (χ1) is 12.5. The minimum absolute atomic E-state index is 0.209. The van der Waals surface area contributed by atoms with Crippen molar-refractivity contribution >= 4 is 17.8 Å². The van der Waals surface area contributed by atoms with Crippen molar-refractivity contribution in [1.29, 1.82) is 0 Å². The van der Waals surface area contributed by atoms with Crippen molar-refractivity contribution in [1.82, 2.24) is 4.98 Å². The molecule has 27 heavy (non-hydrogen) atoms. The minimum Gasteiger partial charge on any atom is -0.496 e. The van der Waals surface area contributed by atoms with Gasteiger partial charge in [-0.25, -0.2) is 9.59 Å². The normalized spacial score (nSPS) is 11.1. The summed E-state index contributed by atoms with van der Waals surface area (Å²) in [6.07, 6.45) is -5.07. The Morgan fingerprint density at radius 1 is 1.15 bits per heavy atom. The summed E-state index contributed by atoms with van der Waals surface area (Å²) in [5.74, 6) is -5.22. The number of methoxy groups -OCH3 is 1. The molecule has 0 unspecified atom stereocenters. The number of benzene rings is 1. The summed E-state index contributed by atoms with van der Waals surface area (Å²) < 4.78 is 46.2. The number of ether oxygens (including phenoxy) is 2. The molecular weight excluding hydrogens is 377 g/mol. The molecule has 0 amide bonds. The number of hydrogen-bond donors (Lipinski definition) is 4. The number of pyridine rings is 1. The first kappa shape index (κ1) is 19.6. The lowest BCUT2D eigenvalue weighted by Gasteiger charge is -2.16. The molecule has 0 saturated heterocycles. The largest absolute Gasteiger partial charge is 0.573 e. The van der Waals surface area contributed by atoms with Gasteiger partial charge in [0.15, 0.2) is 0 Å². The van der Waals surface area contributed by atoms with E-state index in [2.05, 4.69) is 4.74 Å². The van der Waals surface area contributed by atoms with E-state index in [1.54, 1.807) is 0 Å². The van der Waals surface area contributed by atoms with Crippen LogP contribution in [0.15, 0.2) is 23.0 Å². The van der Waals surface area contributed by atoms with Crippen molar-refractivity contribution in [2.24, 2.45) is 0 Å². The van der Waals surface area contributed by atoms with Gasteiger partial charge in [0.1, 0.15) is 28.4 Å². The van der Waals surface area contributed by atoms with Gasteiger partial charge in [0.2, 0.25) is 0 Å². The van der Waals surface area contributed by atoms with E-state index in [1.807, 2.05) is 4.98 Å². The van der Waals surface area contributed by atoms with Crippen LogP contribution in [0.1, 0.15) is 20.7 Å². The molecule has 12 heteroatoms. The molecule has 1 heterocycles. The Morgan fingerprint density at radius 2 is 1.74 bits per heavy atom. The van der Waals surface area contributed by atoms with Crippen molar-refractivity contribution in [2.75, 3.05) is 12.8 Å². The number of halogens is 3. The highest BCUT2D eigenvalue weighted by Gasteiger charge is 2.33. The SMILES string of the molecule is COc1ccc(OC(F)(F)F)cc1-c1c(C(=O)O)c(N)[nH]c(=O)c1C(=O)O. The third-order valence-electron chi connectivity index (χ3n) is 3.35. The van der Waals surface area contributed by atoms with Gasteiger partial charge in [0.25, 0.3) is 5.56 Å². The second-order valence-electron chi connectivity index (χ2n) is 5.01. The highest BCUT2D eigenvalue weighted by atomic mass is 19.4. The molecule has 1 aromatic carbocycles. The van der Waals surface area contributed by atoms with Crippen LogP contribution >= 0.6 is 0 Å². The summed E-state index contributed by atoms with van der Waals surface area (Å²) in [5, 5.41) is 18.7. The number of aromatic nitrogens is 1. The lowest BCUT2D eigenvalue weighted by molar-refractivity contribution is -0.274. The topological polar surface area (TPSA) is 152 Å². The number of H-pyrrole nitrogens is 1. The van der Waals surface area contributed by atoms with E-state index in [1.165, 1.54) is 0 Å². The van der Waals surface area contributed by atoms with Gasteiger partial charge in [-0.3, -0.25) is 4.79 Å². The van der Waals surface area contributed by atoms with Crippen molar-refractivity contribution < 1.29 is 42.4 Å². The van der Waals surface area contributed by atoms with Crippen molar-refractivity contribution in [3.63, 3.8) is 0 Å². The number of rotatable bonds is 5. The van der Waals surface area contributed by atoms with Gasteiger partial charge in [-0.05, 0) is 18.2 Å². The van der Waals surface area contributed by atoms with Crippen LogP contribution in [0.5, 0.6) is 11.5 Å².